The van der Waals surface area contributed by atoms with Gasteiger partial charge in [-0.05, 0) is 36.2 Å². The van der Waals surface area contributed by atoms with Crippen LogP contribution in [-0.2, 0) is 12.6 Å². The molecule has 0 aliphatic carbocycles. The topological polar surface area (TPSA) is 70.6 Å². The minimum Gasteiger partial charge on any atom is -0.497 e. The number of benzene rings is 1. The minimum absolute atomic E-state index is 0. The van der Waals surface area contributed by atoms with E-state index in [1.54, 1.807) is 14.2 Å². The summed E-state index contributed by atoms with van der Waals surface area (Å²) in [7, 11) is 3.26. The van der Waals surface area contributed by atoms with E-state index in [2.05, 4.69) is 25.9 Å². The van der Waals surface area contributed by atoms with Gasteiger partial charge in [-0.15, -0.1) is 24.0 Å². The first-order valence-electron chi connectivity index (χ1n) is 8.77. The summed E-state index contributed by atoms with van der Waals surface area (Å²) < 4.78 is 43.9. The van der Waals surface area contributed by atoms with E-state index in [9.17, 15) is 13.2 Å². The molecule has 0 saturated carbocycles. The molecule has 0 atom stereocenters. The van der Waals surface area contributed by atoms with E-state index in [1.807, 2.05) is 24.3 Å². The van der Waals surface area contributed by atoms with Crippen molar-refractivity contribution in [1.29, 1.82) is 0 Å². The van der Waals surface area contributed by atoms with E-state index < -0.39 is 11.7 Å². The second-order valence-electron chi connectivity index (χ2n) is 5.85. The number of anilines is 1. The molecular formula is C19H25F3IN5O. The van der Waals surface area contributed by atoms with Crippen molar-refractivity contribution in [3.05, 3.63) is 53.7 Å². The van der Waals surface area contributed by atoms with Gasteiger partial charge in [-0.3, -0.25) is 4.99 Å². The monoisotopic (exact) mass is 523 g/mol. The summed E-state index contributed by atoms with van der Waals surface area (Å²) in [5.74, 6) is 1.20. The molecule has 29 heavy (non-hydrogen) atoms. The zero-order chi connectivity index (χ0) is 20.4. The van der Waals surface area contributed by atoms with E-state index in [4.69, 9.17) is 4.74 Å². The van der Waals surface area contributed by atoms with Gasteiger partial charge in [0.15, 0.2) is 5.96 Å². The van der Waals surface area contributed by atoms with Crippen LogP contribution in [0, 0.1) is 0 Å². The van der Waals surface area contributed by atoms with Gasteiger partial charge in [0, 0.05) is 32.9 Å². The van der Waals surface area contributed by atoms with E-state index >= 15 is 0 Å². The minimum atomic E-state index is -4.44. The molecule has 0 amide bonds. The first-order chi connectivity index (χ1) is 13.4. The van der Waals surface area contributed by atoms with E-state index in [1.165, 1.54) is 12.3 Å². The van der Waals surface area contributed by atoms with Crippen LogP contribution in [0.2, 0.25) is 0 Å². The predicted octanol–water partition coefficient (Wildman–Crippen LogP) is 3.55. The summed E-state index contributed by atoms with van der Waals surface area (Å²) in [6, 6.07) is 10.1. The Bertz CT molecular complexity index is 769. The molecule has 0 aliphatic rings. The second-order valence-corrected chi connectivity index (χ2v) is 5.85. The Kier molecular flexibility index (Phi) is 10.6. The van der Waals surface area contributed by atoms with Gasteiger partial charge in [0.1, 0.15) is 11.6 Å². The van der Waals surface area contributed by atoms with Crippen molar-refractivity contribution in [2.45, 2.75) is 12.6 Å². The maximum atomic E-state index is 12.9. The molecule has 1 heterocycles. The number of nitrogens with one attached hydrogen (secondary N) is 3. The summed E-state index contributed by atoms with van der Waals surface area (Å²) in [6.45, 7) is 1.31. The molecular weight excluding hydrogens is 498 g/mol. The van der Waals surface area contributed by atoms with Crippen LogP contribution in [0.25, 0.3) is 0 Å². The van der Waals surface area contributed by atoms with Crippen molar-refractivity contribution in [3.8, 4) is 5.75 Å². The fourth-order valence-corrected chi connectivity index (χ4v) is 2.47. The van der Waals surface area contributed by atoms with Gasteiger partial charge in [-0.2, -0.15) is 13.2 Å². The molecule has 0 spiro atoms. The highest BCUT2D eigenvalue weighted by Crippen LogP contribution is 2.33. The fraction of sp³-hybridized carbons (Fsp3) is 0.368. The second kappa shape index (κ2) is 12.3. The SMILES string of the molecule is CN=C(NCCNc1ncccc1C(F)(F)F)NCCc1ccc(OC)cc1.I. The average molecular weight is 523 g/mol. The molecule has 3 N–H and O–H groups in total. The third-order valence-electron chi connectivity index (χ3n) is 3.91. The van der Waals surface area contributed by atoms with Crippen molar-refractivity contribution in [3.63, 3.8) is 0 Å². The quantitative estimate of drug-likeness (QED) is 0.214. The molecule has 0 bridgehead atoms. The molecule has 1 aromatic heterocycles. The van der Waals surface area contributed by atoms with E-state index in [0.717, 1.165) is 23.8 Å². The number of rotatable bonds is 8. The van der Waals surface area contributed by atoms with Crippen molar-refractivity contribution in [1.82, 2.24) is 15.6 Å². The molecule has 0 radical (unpaired) electrons. The Morgan fingerprint density at radius 1 is 1.07 bits per heavy atom. The Labute approximate surface area is 185 Å². The first kappa shape index (κ1) is 24.8. The molecule has 0 saturated heterocycles. The Morgan fingerprint density at radius 2 is 1.76 bits per heavy atom. The molecule has 2 rings (SSSR count). The Morgan fingerprint density at radius 3 is 2.38 bits per heavy atom. The third kappa shape index (κ3) is 8.34. The Hall–Kier alpha value is -2.24. The molecule has 10 heteroatoms. The fourth-order valence-electron chi connectivity index (χ4n) is 2.47. The van der Waals surface area contributed by atoms with Crippen molar-refractivity contribution in [2.75, 3.05) is 39.1 Å². The number of guanidine groups is 1. The standard InChI is InChI=1S/C19H24F3N5O.HI/c1-23-18(26-11-9-14-5-7-15(28-2)8-6-14)27-13-12-25-17-16(19(20,21)22)4-3-10-24-17;/h3-8,10H,9,11-13H2,1-2H3,(H,24,25)(H2,23,26,27);1H. The lowest BCUT2D eigenvalue weighted by Crippen LogP contribution is -2.40. The molecule has 6 nitrogen and oxygen atoms in total. The van der Waals surface area contributed by atoms with Crippen LogP contribution in [-0.4, -0.2) is 44.7 Å². The van der Waals surface area contributed by atoms with Crippen LogP contribution < -0.4 is 20.7 Å². The van der Waals surface area contributed by atoms with Crippen LogP contribution in [0.3, 0.4) is 0 Å². The number of hydrogen-bond donors (Lipinski definition) is 3. The number of aromatic nitrogens is 1. The van der Waals surface area contributed by atoms with Gasteiger partial charge < -0.3 is 20.7 Å². The lowest BCUT2D eigenvalue weighted by molar-refractivity contribution is -0.137. The number of aliphatic imine (C=N–C) groups is 1. The zero-order valence-electron chi connectivity index (χ0n) is 16.2. The normalized spacial score (nSPS) is 11.4. The summed E-state index contributed by atoms with van der Waals surface area (Å²) in [4.78, 5) is 7.86. The predicted molar refractivity (Wildman–Crippen MR) is 119 cm³/mol. The highest BCUT2D eigenvalue weighted by Gasteiger charge is 2.33. The summed E-state index contributed by atoms with van der Waals surface area (Å²) in [5.41, 5.74) is 0.372. The Balaban J connectivity index is 0.00000420. The van der Waals surface area contributed by atoms with Crippen LogP contribution in [0.5, 0.6) is 5.75 Å². The molecule has 0 fully saturated rings. The molecule has 0 aliphatic heterocycles. The smallest absolute Gasteiger partial charge is 0.419 e. The average Bonchev–Trinajstić information content (AvgIpc) is 2.69. The van der Waals surface area contributed by atoms with Crippen LogP contribution in [0.15, 0.2) is 47.6 Å². The number of alkyl halides is 3. The number of pyridine rings is 1. The largest absolute Gasteiger partial charge is 0.497 e. The van der Waals surface area contributed by atoms with Gasteiger partial charge in [-0.1, -0.05) is 12.1 Å². The maximum Gasteiger partial charge on any atom is 0.419 e. The third-order valence-corrected chi connectivity index (χ3v) is 3.91. The summed E-state index contributed by atoms with van der Waals surface area (Å²) in [5, 5.41) is 8.92. The first-order valence-corrected chi connectivity index (χ1v) is 8.77. The van der Waals surface area contributed by atoms with Gasteiger partial charge in [0.05, 0.1) is 12.7 Å². The molecule has 0 unspecified atom stereocenters. The highest BCUT2D eigenvalue weighted by molar-refractivity contribution is 14.0. The number of halogens is 4. The summed E-state index contributed by atoms with van der Waals surface area (Å²) in [6.07, 6.45) is -2.32. The van der Waals surface area contributed by atoms with Gasteiger partial charge in [0.25, 0.3) is 0 Å². The number of hydrogen-bond acceptors (Lipinski definition) is 4. The van der Waals surface area contributed by atoms with Gasteiger partial charge >= 0.3 is 6.18 Å². The van der Waals surface area contributed by atoms with Crippen LogP contribution in [0.4, 0.5) is 19.0 Å². The number of methoxy groups -OCH3 is 1. The zero-order valence-corrected chi connectivity index (χ0v) is 18.5. The van der Waals surface area contributed by atoms with E-state index in [-0.39, 0.29) is 36.3 Å². The molecule has 2 aromatic rings. The lowest BCUT2D eigenvalue weighted by atomic mass is 10.1. The van der Waals surface area contributed by atoms with Gasteiger partial charge in [-0.25, -0.2) is 4.98 Å². The number of ether oxygens (including phenoxy) is 1. The molecule has 160 valence electrons. The maximum absolute atomic E-state index is 12.9. The number of nitrogens with zero attached hydrogens (tertiary/aromatic N) is 2. The van der Waals surface area contributed by atoms with Crippen molar-refractivity contribution >= 4 is 35.8 Å². The lowest BCUT2D eigenvalue weighted by Gasteiger charge is -2.15. The van der Waals surface area contributed by atoms with Crippen molar-refractivity contribution in [2.24, 2.45) is 4.99 Å². The van der Waals surface area contributed by atoms with E-state index in [0.29, 0.717) is 19.0 Å². The van der Waals surface area contributed by atoms with Gasteiger partial charge in [0.2, 0.25) is 0 Å². The van der Waals surface area contributed by atoms with Crippen LogP contribution >= 0.6 is 24.0 Å². The highest BCUT2D eigenvalue weighted by atomic mass is 127. The van der Waals surface area contributed by atoms with Crippen molar-refractivity contribution < 1.29 is 17.9 Å². The summed E-state index contributed by atoms with van der Waals surface area (Å²) >= 11 is 0. The molecule has 1 aromatic carbocycles. The van der Waals surface area contributed by atoms with Crippen LogP contribution in [0.1, 0.15) is 11.1 Å².